The molecule has 0 amide bonds. The van der Waals surface area contributed by atoms with Crippen LogP contribution in [0.1, 0.15) is 11.3 Å². The second-order valence-corrected chi connectivity index (χ2v) is 5.99. The second kappa shape index (κ2) is 6.84. The fourth-order valence-corrected chi connectivity index (χ4v) is 2.98. The van der Waals surface area contributed by atoms with Gasteiger partial charge >= 0.3 is 0 Å². The van der Waals surface area contributed by atoms with Crippen LogP contribution in [0, 0.1) is 18.3 Å². The molecule has 0 bridgehead atoms. The van der Waals surface area contributed by atoms with Crippen molar-refractivity contribution in [2.45, 2.75) is 6.92 Å². The summed E-state index contributed by atoms with van der Waals surface area (Å²) >= 11 is 6.01. The highest BCUT2D eigenvalue weighted by molar-refractivity contribution is 6.30. The number of halogens is 1. The molecule has 0 saturated carbocycles. The lowest BCUT2D eigenvalue weighted by Gasteiger charge is -2.16. The molecular formula is C20H16ClN3O. The summed E-state index contributed by atoms with van der Waals surface area (Å²) in [6, 6.07) is 17.2. The summed E-state index contributed by atoms with van der Waals surface area (Å²) in [5, 5.41) is 10.3. The summed E-state index contributed by atoms with van der Waals surface area (Å²) in [6.07, 6.45) is 0. The van der Waals surface area contributed by atoms with E-state index in [1.54, 1.807) is 19.2 Å². The molecule has 0 radical (unpaired) electrons. The van der Waals surface area contributed by atoms with Crippen LogP contribution in [0.15, 0.2) is 48.5 Å². The van der Waals surface area contributed by atoms with Crippen molar-refractivity contribution in [3.8, 4) is 34.1 Å². The zero-order chi connectivity index (χ0) is 18.0. The van der Waals surface area contributed by atoms with Gasteiger partial charge in [-0.3, -0.25) is 0 Å². The van der Waals surface area contributed by atoms with Gasteiger partial charge in [0.25, 0.3) is 0 Å². The van der Waals surface area contributed by atoms with Crippen LogP contribution in [0.4, 0.5) is 5.82 Å². The molecule has 3 aromatic rings. The van der Waals surface area contributed by atoms with E-state index in [1.807, 2.05) is 43.3 Å². The molecule has 0 atom stereocenters. The Bertz CT molecular complexity index is 958. The number of anilines is 1. The van der Waals surface area contributed by atoms with Gasteiger partial charge < -0.3 is 10.5 Å². The molecule has 2 N–H and O–H groups in total. The SMILES string of the molecule is COc1ccc(-c2c(C)nc(N)c(C#N)c2-c2ccc(Cl)cc2)cc1. The molecule has 0 unspecified atom stereocenters. The van der Waals surface area contributed by atoms with Crippen molar-refractivity contribution in [2.75, 3.05) is 12.8 Å². The first-order valence-corrected chi connectivity index (χ1v) is 8.03. The molecule has 3 rings (SSSR count). The fraction of sp³-hybridized carbons (Fsp3) is 0.100. The maximum absolute atomic E-state index is 9.64. The van der Waals surface area contributed by atoms with Gasteiger partial charge in [-0.15, -0.1) is 0 Å². The van der Waals surface area contributed by atoms with Gasteiger partial charge in [0, 0.05) is 21.8 Å². The van der Waals surface area contributed by atoms with Gasteiger partial charge in [-0.1, -0.05) is 35.9 Å². The number of rotatable bonds is 3. The molecule has 0 saturated heterocycles. The van der Waals surface area contributed by atoms with Crippen molar-refractivity contribution in [1.29, 1.82) is 5.26 Å². The monoisotopic (exact) mass is 349 g/mol. The lowest BCUT2D eigenvalue weighted by Crippen LogP contribution is -2.03. The van der Waals surface area contributed by atoms with Crippen LogP contribution in [0.25, 0.3) is 22.3 Å². The van der Waals surface area contributed by atoms with Gasteiger partial charge in [0.05, 0.1) is 7.11 Å². The minimum absolute atomic E-state index is 0.224. The number of hydrogen-bond donors (Lipinski definition) is 1. The number of aromatic nitrogens is 1. The number of nitrogens with two attached hydrogens (primary N) is 1. The van der Waals surface area contributed by atoms with Gasteiger partial charge in [0.1, 0.15) is 23.2 Å². The molecule has 1 heterocycles. The van der Waals surface area contributed by atoms with Crippen molar-refractivity contribution in [2.24, 2.45) is 0 Å². The average Bonchev–Trinajstić information content (AvgIpc) is 2.62. The Balaban J connectivity index is 2.33. The van der Waals surface area contributed by atoms with Gasteiger partial charge in [-0.25, -0.2) is 4.98 Å². The van der Waals surface area contributed by atoms with Crippen LogP contribution >= 0.6 is 11.6 Å². The summed E-state index contributed by atoms with van der Waals surface area (Å²) < 4.78 is 5.22. The van der Waals surface area contributed by atoms with Gasteiger partial charge in [-0.05, 0) is 42.3 Å². The van der Waals surface area contributed by atoms with E-state index in [-0.39, 0.29) is 5.82 Å². The highest BCUT2D eigenvalue weighted by Gasteiger charge is 2.19. The van der Waals surface area contributed by atoms with Crippen LogP contribution < -0.4 is 10.5 Å². The standard InChI is InChI=1S/C20H16ClN3O/c1-12-18(13-5-9-16(25-2)10-6-13)19(17(11-22)20(23)24-12)14-3-7-15(21)8-4-14/h3-10H,1-2H3,(H2,23,24). The Kier molecular flexibility index (Phi) is 4.60. The van der Waals surface area contributed by atoms with Crippen molar-refractivity contribution in [1.82, 2.24) is 4.98 Å². The molecule has 0 aliphatic heterocycles. The summed E-state index contributed by atoms with van der Waals surface area (Å²) in [7, 11) is 1.62. The lowest BCUT2D eigenvalue weighted by molar-refractivity contribution is 0.415. The summed E-state index contributed by atoms with van der Waals surface area (Å²) in [6.45, 7) is 1.89. The van der Waals surface area contributed by atoms with Crippen LogP contribution in [-0.4, -0.2) is 12.1 Å². The van der Waals surface area contributed by atoms with Gasteiger partial charge in [0.15, 0.2) is 0 Å². The maximum atomic E-state index is 9.64. The number of nitriles is 1. The Morgan fingerprint density at radius 2 is 1.56 bits per heavy atom. The number of aryl methyl sites for hydroxylation is 1. The third kappa shape index (κ3) is 3.15. The van der Waals surface area contributed by atoms with Crippen molar-refractivity contribution >= 4 is 17.4 Å². The number of hydrogen-bond acceptors (Lipinski definition) is 4. The molecule has 5 heteroatoms. The van der Waals surface area contributed by atoms with Gasteiger partial charge in [-0.2, -0.15) is 5.26 Å². The predicted molar refractivity (Wildman–Crippen MR) is 101 cm³/mol. The molecule has 0 fully saturated rings. The molecule has 4 nitrogen and oxygen atoms in total. The second-order valence-electron chi connectivity index (χ2n) is 5.55. The quantitative estimate of drug-likeness (QED) is 0.734. The maximum Gasteiger partial charge on any atom is 0.142 e. The van der Waals surface area contributed by atoms with Crippen LogP contribution in [-0.2, 0) is 0 Å². The first-order chi connectivity index (χ1) is 12.0. The molecule has 2 aromatic carbocycles. The largest absolute Gasteiger partial charge is 0.497 e. The summed E-state index contributed by atoms with van der Waals surface area (Å²) in [5.41, 5.74) is 10.6. The number of nitrogen functional groups attached to an aromatic ring is 1. The number of benzene rings is 2. The smallest absolute Gasteiger partial charge is 0.142 e. The first kappa shape index (κ1) is 16.8. The molecule has 0 spiro atoms. The Morgan fingerprint density at radius 1 is 1.00 bits per heavy atom. The highest BCUT2D eigenvalue weighted by atomic mass is 35.5. The van der Waals surface area contributed by atoms with Crippen molar-refractivity contribution < 1.29 is 4.74 Å². The van der Waals surface area contributed by atoms with Crippen LogP contribution in [0.5, 0.6) is 5.75 Å². The highest BCUT2D eigenvalue weighted by Crippen LogP contribution is 2.39. The molecule has 25 heavy (non-hydrogen) atoms. The topological polar surface area (TPSA) is 71.9 Å². The minimum Gasteiger partial charge on any atom is -0.497 e. The van der Waals surface area contributed by atoms with Crippen molar-refractivity contribution in [3.05, 3.63) is 64.8 Å². The van der Waals surface area contributed by atoms with E-state index in [4.69, 9.17) is 22.1 Å². The zero-order valence-corrected chi connectivity index (χ0v) is 14.6. The number of nitrogens with zero attached hydrogens (tertiary/aromatic N) is 2. The first-order valence-electron chi connectivity index (χ1n) is 7.65. The third-order valence-electron chi connectivity index (χ3n) is 4.03. The molecule has 124 valence electrons. The number of methoxy groups -OCH3 is 1. The zero-order valence-electron chi connectivity index (χ0n) is 13.9. The molecular weight excluding hydrogens is 334 g/mol. The number of pyridine rings is 1. The normalized spacial score (nSPS) is 10.3. The average molecular weight is 350 g/mol. The molecule has 0 aliphatic carbocycles. The Morgan fingerprint density at radius 3 is 2.12 bits per heavy atom. The summed E-state index contributed by atoms with van der Waals surface area (Å²) in [5.74, 6) is 0.987. The van der Waals surface area contributed by atoms with Crippen molar-refractivity contribution in [3.63, 3.8) is 0 Å². The Hall–Kier alpha value is -3.03. The van der Waals surface area contributed by atoms with E-state index in [0.717, 1.165) is 33.7 Å². The van der Waals surface area contributed by atoms with E-state index < -0.39 is 0 Å². The Labute approximate surface area is 151 Å². The van der Waals surface area contributed by atoms with Gasteiger partial charge in [0.2, 0.25) is 0 Å². The van der Waals surface area contributed by atoms with E-state index in [0.29, 0.717) is 10.6 Å². The van der Waals surface area contributed by atoms with E-state index in [9.17, 15) is 5.26 Å². The van der Waals surface area contributed by atoms with Crippen LogP contribution in [0.3, 0.4) is 0 Å². The van der Waals surface area contributed by atoms with E-state index in [1.165, 1.54) is 0 Å². The van der Waals surface area contributed by atoms with E-state index in [2.05, 4.69) is 11.1 Å². The van der Waals surface area contributed by atoms with Crippen LogP contribution in [0.2, 0.25) is 5.02 Å². The molecule has 0 aliphatic rings. The van der Waals surface area contributed by atoms with E-state index >= 15 is 0 Å². The predicted octanol–water partition coefficient (Wildman–Crippen LogP) is 4.84. The number of ether oxygens (including phenoxy) is 1. The third-order valence-corrected chi connectivity index (χ3v) is 4.28. The molecule has 1 aromatic heterocycles. The summed E-state index contributed by atoms with van der Waals surface area (Å²) in [4.78, 5) is 4.37. The lowest BCUT2D eigenvalue weighted by atomic mass is 9.90. The minimum atomic E-state index is 0.224. The fourth-order valence-electron chi connectivity index (χ4n) is 2.86.